The summed E-state index contributed by atoms with van der Waals surface area (Å²) < 4.78 is 13.2. The summed E-state index contributed by atoms with van der Waals surface area (Å²) in [6, 6.07) is 0. The van der Waals surface area contributed by atoms with Crippen LogP contribution in [0.2, 0.25) is 0 Å². The van der Waals surface area contributed by atoms with E-state index in [-0.39, 0.29) is 16.9 Å². The highest BCUT2D eigenvalue weighted by atomic mass is 16.7. The summed E-state index contributed by atoms with van der Waals surface area (Å²) in [6.45, 7) is 12.0. The predicted molar refractivity (Wildman–Crippen MR) is 119 cm³/mol. The van der Waals surface area contributed by atoms with Gasteiger partial charge in [-0.25, -0.2) is 0 Å². The Morgan fingerprint density at radius 3 is 2.68 bits per heavy atom. The van der Waals surface area contributed by atoms with Gasteiger partial charge >= 0.3 is 0 Å². The molecule has 2 aliphatic heterocycles. The molecule has 0 radical (unpaired) electrons. The van der Waals surface area contributed by atoms with Gasteiger partial charge in [0.05, 0.1) is 24.9 Å². The van der Waals surface area contributed by atoms with Crippen molar-refractivity contribution in [3.8, 4) is 0 Å². The van der Waals surface area contributed by atoms with E-state index in [4.69, 9.17) is 9.47 Å². The molecule has 0 aromatic carbocycles. The Morgan fingerprint density at radius 2 is 1.94 bits per heavy atom. The predicted octanol–water partition coefficient (Wildman–Crippen LogP) is 4.60. The van der Waals surface area contributed by atoms with Gasteiger partial charge < -0.3 is 19.7 Å². The van der Waals surface area contributed by atoms with Gasteiger partial charge in [0.15, 0.2) is 5.79 Å². The van der Waals surface area contributed by atoms with Crippen LogP contribution in [0.25, 0.3) is 0 Å². The number of ether oxygens (including phenoxy) is 2. The summed E-state index contributed by atoms with van der Waals surface area (Å²) in [4.78, 5) is 0. The van der Waals surface area contributed by atoms with Crippen LogP contribution in [0.4, 0.5) is 0 Å². The molecule has 2 N–H and O–H groups in total. The van der Waals surface area contributed by atoms with E-state index >= 15 is 0 Å². The maximum atomic E-state index is 11.1. The molecular formula is C27H40O4. The molecule has 0 amide bonds. The van der Waals surface area contributed by atoms with Gasteiger partial charge in [-0.1, -0.05) is 44.6 Å². The standard InChI is InChI=1S/C27H40O4/c1-15-7-10-27(30-14-15)16(2)24-22(31-27)13-21-19-6-5-17-11-18(28)12-23(29)26(17,4)20(19)8-9-25(21,24)3/h5,16,18-24,28-29H,1,6-14H2,2-4H3/t16-,18-,19+,20-,21-,22-,23+,24-,25+,26+,27-/m1/s1. The van der Waals surface area contributed by atoms with Gasteiger partial charge in [-0.05, 0) is 67.6 Å². The van der Waals surface area contributed by atoms with Gasteiger partial charge in [0.1, 0.15) is 0 Å². The summed E-state index contributed by atoms with van der Waals surface area (Å²) in [5.74, 6) is 2.35. The Bertz CT molecular complexity index is 808. The van der Waals surface area contributed by atoms with Gasteiger partial charge in [0.25, 0.3) is 0 Å². The number of hydrogen-bond acceptors (Lipinski definition) is 4. The molecule has 0 unspecified atom stereocenters. The third-order valence-corrected chi connectivity index (χ3v) is 11.2. The first-order chi connectivity index (χ1) is 14.7. The second kappa shape index (κ2) is 6.68. The molecule has 31 heavy (non-hydrogen) atoms. The van der Waals surface area contributed by atoms with Crippen LogP contribution in [0, 0.1) is 40.4 Å². The maximum absolute atomic E-state index is 11.1. The fraction of sp³-hybridized carbons (Fsp3) is 0.852. The van der Waals surface area contributed by atoms with Crippen LogP contribution in [-0.4, -0.2) is 40.9 Å². The molecule has 4 nitrogen and oxygen atoms in total. The number of allylic oxidation sites excluding steroid dienone is 1. The largest absolute Gasteiger partial charge is 0.393 e. The van der Waals surface area contributed by atoms with E-state index in [0.29, 0.717) is 48.7 Å². The minimum absolute atomic E-state index is 0.165. The molecule has 0 aromatic rings. The summed E-state index contributed by atoms with van der Waals surface area (Å²) in [5.41, 5.74) is 2.63. The van der Waals surface area contributed by atoms with Gasteiger partial charge in [-0.15, -0.1) is 0 Å². The molecule has 4 aliphatic carbocycles. The quantitative estimate of drug-likeness (QED) is 0.554. The lowest BCUT2D eigenvalue weighted by atomic mass is 9.46. The highest BCUT2D eigenvalue weighted by molar-refractivity contribution is 5.28. The topological polar surface area (TPSA) is 58.9 Å². The Hall–Kier alpha value is -0.680. The third-order valence-electron chi connectivity index (χ3n) is 11.2. The Kier molecular flexibility index (Phi) is 4.50. The Labute approximate surface area is 187 Å². The average molecular weight is 429 g/mol. The first-order valence-electron chi connectivity index (χ1n) is 12.7. The highest BCUT2D eigenvalue weighted by Gasteiger charge is 2.69. The summed E-state index contributed by atoms with van der Waals surface area (Å²) in [5, 5.41) is 21.4. The Balaban J connectivity index is 1.30. The van der Waals surface area contributed by atoms with Gasteiger partial charge in [-0.3, -0.25) is 0 Å². The van der Waals surface area contributed by atoms with Crippen molar-refractivity contribution in [2.24, 2.45) is 40.4 Å². The van der Waals surface area contributed by atoms with E-state index in [1.807, 2.05) is 0 Å². The van der Waals surface area contributed by atoms with Gasteiger partial charge in [0, 0.05) is 24.2 Å². The lowest BCUT2D eigenvalue weighted by Crippen LogP contribution is -2.56. The summed E-state index contributed by atoms with van der Waals surface area (Å²) in [6.07, 6.45) is 9.75. The lowest BCUT2D eigenvalue weighted by molar-refractivity contribution is -0.255. The molecule has 4 heteroatoms. The van der Waals surface area contributed by atoms with Crippen LogP contribution in [0.5, 0.6) is 0 Å². The molecule has 6 aliphatic rings. The van der Waals surface area contributed by atoms with Crippen molar-refractivity contribution in [1.82, 2.24) is 0 Å². The van der Waals surface area contributed by atoms with E-state index in [9.17, 15) is 10.2 Å². The van der Waals surface area contributed by atoms with E-state index < -0.39 is 11.9 Å². The minimum atomic E-state index is -0.428. The Morgan fingerprint density at radius 1 is 1.13 bits per heavy atom. The van der Waals surface area contributed by atoms with Crippen molar-refractivity contribution < 1.29 is 19.7 Å². The van der Waals surface area contributed by atoms with Crippen molar-refractivity contribution in [3.05, 3.63) is 23.8 Å². The number of aliphatic hydroxyl groups excluding tert-OH is 2. The van der Waals surface area contributed by atoms with Crippen LogP contribution in [0.3, 0.4) is 0 Å². The monoisotopic (exact) mass is 428 g/mol. The number of fused-ring (bicyclic) bond motifs is 7. The first-order valence-corrected chi connectivity index (χ1v) is 12.7. The van der Waals surface area contributed by atoms with E-state index in [0.717, 1.165) is 32.1 Å². The molecule has 172 valence electrons. The lowest BCUT2D eigenvalue weighted by Gasteiger charge is -2.59. The van der Waals surface area contributed by atoms with Gasteiger partial charge in [0.2, 0.25) is 0 Å². The maximum Gasteiger partial charge on any atom is 0.172 e. The van der Waals surface area contributed by atoms with Crippen LogP contribution in [0.15, 0.2) is 23.8 Å². The number of aliphatic hydroxyl groups is 2. The molecule has 2 heterocycles. The van der Waals surface area contributed by atoms with E-state index in [2.05, 4.69) is 33.4 Å². The summed E-state index contributed by atoms with van der Waals surface area (Å²) >= 11 is 0. The van der Waals surface area contributed by atoms with Crippen molar-refractivity contribution in [1.29, 1.82) is 0 Å². The normalized spacial score (nSPS) is 58.4. The van der Waals surface area contributed by atoms with Crippen molar-refractivity contribution in [3.63, 3.8) is 0 Å². The second-order valence-corrected chi connectivity index (χ2v) is 12.3. The molecule has 1 spiro atoms. The van der Waals surface area contributed by atoms with Gasteiger partial charge in [-0.2, -0.15) is 0 Å². The molecule has 5 fully saturated rings. The smallest absolute Gasteiger partial charge is 0.172 e. The molecule has 0 bridgehead atoms. The molecule has 3 saturated carbocycles. The first kappa shape index (κ1) is 20.9. The van der Waals surface area contributed by atoms with Crippen LogP contribution in [0.1, 0.15) is 72.1 Å². The number of rotatable bonds is 0. The zero-order valence-electron chi connectivity index (χ0n) is 19.5. The van der Waals surface area contributed by atoms with Crippen molar-refractivity contribution >= 4 is 0 Å². The summed E-state index contributed by atoms with van der Waals surface area (Å²) in [7, 11) is 0. The fourth-order valence-corrected chi connectivity index (χ4v) is 9.55. The zero-order chi connectivity index (χ0) is 21.8. The van der Waals surface area contributed by atoms with Crippen LogP contribution < -0.4 is 0 Å². The third kappa shape index (κ3) is 2.62. The molecular weight excluding hydrogens is 388 g/mol. The van der Waals surface area contributed by atoms with Crippen LogP contribution >= 0.6 is 0 Å². The zero-order valence-corrected chi connectivity index (χ0v) is 19.5. The van der Waals surface area contributed by atoms with Crippen LogP contribution in [-0.2, 0) is 9.47 Å². The fourth-order valence-electron chi connectivity index (χ4n) is 9.55. The molecule has 6 rings (SSSR count). The second-order valence-electron chi connectivity index (χ2n) is 12.3. The number of hydrogen-bond donors (Lipinski definition) is 2. The molecule has 0 aromatic heterocycles. The average Bonchev–Trinajstić information content (AvgIpc) is 3.16. The molecule has 2 saturated heterocycles. The molecule has 11 atom stereocenters. The van der Waals surface area contributed by atoms with E-state index in [1.54, 1.807) is 0 Å². The van der Waals surface area contributed by atoms with E-state index in [1.165, 1.54) is 24.0 Å². The SMILES string of the molecule is C=C1CC[C@@]2(OC1)O[C@@H]1C[C@@H]3[C@H]4CC=C5C[C@@H](O)C[C@H](O)[C@]5(C)[C@@H]4CC[C@]3(C)[C@@H]1[C@H]2C. The van der Waals surface area contributed by atoms with Crippen molar-refractivity contribution in [2.45, 2.75) is 96.2 Å². The minimum Gasteiger partial charge on any atom is -0.393 e. The van der Waals surface area contributed by atoms with Crippen molar-refractivity contribution in [2.75, 3.05) is 6.61 Å². The highest BCUT2D eigenvalue weighted by Crippen LogP contribution is 2.70.